The van der Waals surface area contributed by atoms with E-state index in [4.69, 9.17) is 38.9 Å². The van der Waals surface area contributed by atoms with E-state index in [-0.39, 0.29) is 43.9 Å². The first-order valence-electron chi connectivity index (χ1n) is 9.13. The average Bonchev–Trinajstić information content (AvgIpc) is 3.45. The Morgan fingerprint density at radius 2 is 1.27 bits per heavy atom. The summed E-state index contributed by atoms with van der Waals surface area (Å²) in [4.78, 5) is 11.8. The summed E-state index contributed by atoms with van der Waals surface area (Å²) < 4.78 is 38.3. The van der Waals surface area contributed by atoms with Crippen molar-refractivity contribution in [3.63, 3.8) is 0 Å². The Bertz CT molecular complexity index is 391. The van der Waals surface area contributed by atoms with Crippen molar-refractivity contribution in [3.05, 3.63) is 0 Å². The Hall–Kier alpha value is -0.810. The zero-order valence-corrected chi connectivity index (χ0v) is 15.1. The van der Waals surface area contributed by atoms with Crippen LogP contribution in [0.2, 0.25) is 0 Å². The van der Waals surface area contributed by atoms with Crippen LogP contribution in [0.5, 0.6) is 0 Å². The maximum atomic E-state index is 11.8. The number of carbonyl (C=O) groups is 1. The summed E-state index contributed by atoms with van der Waals surface area (Å²) in [5, 5.41) is 0. The van der Waals surface area contributed by atoms with Gasteiger partial charge in [-0.05, 0) is 0 Å². The van der Waals surface area contributed by atoms with E-state index < -0.39 is 5.41 Å². The second kappa shape index (κ2) is 9.93. The first kappa shape index (κ1) is 19.9. The standard InChI is InChI=1S/C17H29NO8/c18-2-1-16(19)26-12-17(9-20-3-13-6-23-13,10-21-4-14-7-24-14)11-22-5-15-8-25-15/h13-15H,1-12,18H2. The Morgan fingerprint density at radius 3 is 1.62 bits per heavy atom. The van der Waals surface area contributed by atoms with Gasteiger partial charge in [0.05, 0.1) is 71.3 Å². The number of nitrogens with two attached hydrogens (primary N) is 1. The third-order valence-electron chi connectivity index (χ3n) is 4.23. The molecule has 3 atom stereocenters. The van der Waals surface area contributed by atoms with Crippen molar-refractivity contribution >= 4 is 5.97 Å². The molecule has 2 N–H and O–H groups in total. The van der Waals surface area contributed by atoms with E-state index in [0.717, 1.165) is 19.8 Å². The van der Waals surface area contributed by atoms with Gasteiger partial charge in [-0.2, -0.15) is 0 Å². The van der Waals surface area contributed by atoms with E-state index in [9.17, 15) is 4.79 Å². The fourth-order valence-corrected chi connectivity index (χ4v) is 2.39. The molecule has 0 amide bonds. The van der Waals surface area contributed by atoms with Gasteiger partial charge in [0.2, 0.25) is 0 Å². The van der Waals surface area contributed by atoms with Gasteiger partial charge in [-0.25, -0.2) is 0 Å². The summed E-state index contributed by atoms with van der Waals surface area (Å²) in [6.45, 7) is 5.15. The average molecular weight is 375 g/mol. The molecule has 0 aromatic heterocycles. The van der Waals surface area contributed by atoms with Crippen molar-refractivity contribution in [1.82, 2.24) is 0 Å². The minimum atomic E-state index is -0.594. The molecule has 3 fully saturated rings. The minimum absolute atomic E-state index is 0.147. The molecule has 9 nitrogen and oxygen atoms in total. The SMILES string of the molecule is NCCC(=O)OCC(COCC1CO1)(COCC1CO1)COCC1CO1. The highest BCUT2D eigenvalue weighted by atomic mass is 16.6. The summed E-state index contributed by atoms with van der Waals surface area (Å²) in [5.41, 5.74) is 4.82. The zero-order chi connectivity index (χ0) is 18.2. The Kier molecular flexibility index (Phi) is 7.62. The van der Waals surface area contributed by atoms with Crippen LogP contribution in [-0.2, 0) is 38.0 Å². The molecule has 150 valence electrons. The van der Waals surface area contributed by atoms with E-state index in [1.807, 2.05) is 0 Å². The highest BCUT2D eigenvalue weighted by Crippen LogP contribution is 2.24. The Balaban J connectivity index is 1.51. The molecule has 0 bridgehead atoms. The van der Waals surface area contributed by atoms with Gasteiger partial charge in [0.15, 0.2) is 0 Å². The molecule has 9 heteroatoms. The van der Waals surface area contributed by atoms with Crippen LogP contribution in [0.4, 0.5) is 0 Å². The number of hydrogen-bond acceptors (Lipinski definition) is 9. The molecule has 0 aromatic carbocycles. The van der Waals surface area contributed by atoms with Crippen molar-refractivity contribution in [2.75, 3.05) is 72.6 Å². The van der Waals surface area contributed by atoms with Crippen LogP contribution in [0, 0.1) is 5.41 Å². The molecule has 3 rings (SSSR count). The van der Waals surface area contributed by atoms with E-state index >= 15 is 0 Å². The first-order chi connectivity index (χ1) is 12.7. The summed E-state index contributed by atoms with van der Waals surface area (Å²) in [6.07, 6.45) is 0.664. The molecule has 0 saturated carbocycles. The monoisotopic (exact) mass is 375 g/mol. The molecule has 0 aromatic rings. The van der Waals surface area contributed by atoms with Crippen molar-refractivity contribution in [1.29, 1.82) is 0 Å². The third kappa shape index (κ3) is 7.83. The highest BCUT2D eigenvalue weighted by Gasteiger charge is 2.37. The van der Waals surface area contributed by atoms with Gasteiger partial charge < -0.3 is 38.9 Å². The van der Waals surface area contributed by atoms with E-state index in [0.29, 0.717) is 39.6 Å². The third-order valence-corrected chi connectivity index (χ3v) is 4.23. The molecule has 0 aliphatic carbocycles. The lowest BCUT2D eigenvalue weighted by atomic mass is 9.92. The molecule has 26 heavy (non-hydrogen) atoms. The lowest BCUT2D eigenvalue weighted by molar-refractivity contribution is -0.156. The first-order valence-corrected chi connectivity index (χ1v) is 9.13. The second-order valence-electron chi connectivity index (χ2n) is 7.11. The minimum Gasteiger partial charge on any atom is -0.465 e. The number of ether oxygens (including phenoxy) is 7. The molecule has 0 spiro atoms. The van der Waals surface area contributed by atoms with E-state index in [1.54, 1.807) is 0 Å². The van der Waals surface area contributed by atoms with Gasteiger partial charge in [-0.1, -0.05) is 0 Å². The van der Waals surface area contributed by atoms with Gasteiger partial charge >= 0.3 is 5.97 Å². The normalized spacial score (nSPS) is 28.4. The zero-order valence-electron chi connectivity index (χ0n) is 15.1. The van der Waals surface area contributed by atoms with Gasteiger partial charge in [0.25, 0.3) is 0 Å². The van der Waals surface area contributed by atoms with Crippen LogP contribution in [0.3, 0.4) is 0 Å². The largest absolute Gasteiger partial charge is 0.465 e. The van der Waals surface area contributed by atoms with Crippen molar-refractivity contribution in [2.45, 2.75) is 24.7 Å². The Labute approximate surface area is 153 Å². The molecule has 3 aliphatic rings. The van der Waals surface area contributed by atoms with Crippen LogP contribution in [0.15, 0.2) is 0 Å². The van der Waals surface area contributed by atoms with Gasteiger partial charge in [-0.15, -0.1) is 0 Å². The second-order valence-corrected chi connectivity index (χ2v) is 7.11. The quantitative estimate of drug-likeness (QED) is 0.271. The van der Waals surface area contributed by atoms with Crippen molar-refractivity contribution in [3.8, 4) is 0 Å². The summed E-state index contributed by atoms with van der Waals surface area (Å²) in [7, 11) is 0. The van der Waals surface area contributed by atoms with E-state index in [2.05, 4.69) is 0 Å². The number of rotatable bonds is 16. The van der Waals surface area contributed by atoms with Crippen LogP contribution in [-0.4, -0.2) is 96.9 Å². The number of carbonyl (C=O) groups excluding carboxylic acids is 1. The van der Waals surface area contributed by atoms with Gasteiger partial charge in [-0.3, -0.25) is 4.79 Å². The van der Waals surface area contributed by atoms with Crippen LogP contribution >= 0.6 is 0 Å². The molecular weight excluding hydrogens is 346 g/mol. The van der Waals surface area contributed by atoms with Crippen LogP contribution in [0.1, 0.15) is 6.42 Å². The van der Waals surface area contributed by atoms with Crippen molar-refractivity contribution < 1.29 is 38.0 Å². The fraction of sp³-hybridized carbons (Fsp3) is 0.941. The maximum Gasteiger partial charge on any atom is 0.307 e. The van der Waals surface area contributed by atoms with Crippen molar-refractivity contribution in [2.24, 2.45) is 11.1 Å². The number of esters is 1. The maximum absolute atomic E-state index is 11.8. The summed E-state index contributed by atoms with van der Waals surface area (Å²) >= 11 is 0. The van der Waals surface area contributed by atoms with Crippen LogP contribution < -0.4 is 5.73 Å². The summed E-state index contributed by atoms with van der Waals surface area (Å²) in [5.74, 6) is -0.335. The highest BCUT2D eigenvalue weighted by molar-refractivity contribution is 5.69. The number of epoxide rings is 3. The molecule has 3 saturated heterocycles. The summed E-state index contributed by atoms with van der Waals surface area (Å²) in [6, 6.07) is 0. The predicted octanol–water partition coefficient (Wildman–Crippen LogP) is -0.889. The fourth-order valence-electron chi connectivity index (χ4n) is 2.39. The topological polar surface area (TPSA) is 118 Å². The smallest absolute Gasteiger partial charge is 0.307 e. The van der Waals surface area contributed by atoms with E-state index in [1.165, 1.54) is 0 Å². The lowest BCUT2D eigenvalue weighted by Crippen LogP contribution is -2.43. The molecule has 0 radical (unpaired) electrons. The molecular formula is C17H29NO8. The molecule has 3 unspecified atom stereocenters. The Morgan fingerprint density at radius 1 is 0.846 bits per heavy atom. The number of hydrogen-bond donors (Lipinski definition) is 1. The van der Waals surface area contributed by atoms with Gasteiger partial charge in [0.1, 0.15) is 24.9 Å². The molecule has 3 aliphatic heterocycles. The van der Waals surface area contributed by atoms with Gasteiger partial charge in [0, 0.05) is 6.54 Å². The lowest BCUT2D eigenvalue weighted by Gasteiger charge is -2.32. The predicted molar refractivity (Wildman–Crippen MR) is 88.7 cm³/mol. The van der Waals surface area contributed by atoms with Crippen LogP contribution in [0.25, 0.3) is 0 Å². The molecule has 3 heterocycles.